The fourth-order valence-electron chi connectivity index (χ4n) is 0.759. The van der Waals surface area contributed by atoms with Gasteiger partial charge in [0.2, 0.25) is 0 Å². The Hall–Kier alpha value is 2.21. The van der Waals surface area contributed by atoms with Crippen LogP contribution >= 0.6 is 81.7 Å². The molecule has 0 rings (SSSR count). The highest BCUT2D eigenvalue weighted by Gasteiger charge is 2.10. The van der Waals surface area contributed by atoms with Gasteiger partial charge in [-0.1, -0.05) is 0 Å². The van der Waals surface area contributed by atoms with Crippen molar-refractivity contribution in [1.29, 1.82) is 0 Å². The van der Waals surface area contributed by atoms with Gasteiger partial charge in [-0.2, -0.15) is 11.8 Å². The van der Waals surface area contributed by atoms with Crippen molar-refractivity contribution in [2.45, 2.75) is 21.7 Å². The Kier molecular flexibility index (Phi) is 13.9. The normalized spacial score (nSPS) is 17.1. The minimum absolute atomic E-state index is 0.119. The van der Waals surface area contributed by atoms with E-state index >= 15 is 0 Å². The van der Waals surface area contributed by atoms with E-state index in [1.165, 1.54) is 0 Å². The quantitative estimate of drug-likeness (QED) is 0.492. The van der Waals surface area contributed by atoms with Crippen LogP contribution in [-0.2, 0) is 0 Å². The largest absolute Gasteiger partial charge is 0.157 e. The van der Waals surface area contributed by atoms with Crippen LogP contribution in [-0.4, -0.2) is 43.7 Å². The lowest BCUT2D eigenvalue weighted by molar-refractivity contribution is 1.11. The third-order valence-corrected chi connectivity index (χ3v) is 7.31. The molecule has 0 spiro atoms. The zero-order chi connectivity index (χ0) is 12.4. The highest BCUT2D eigenvalue weighted by molar-refractivity contribution is 8.06. The summed E-state index contributed by atoms with van der Waals surface area (Å²) in [5.74, 6) is 4.25. The fraction of sp³-hybridized carbons (Fsp3) is 1.00. The van der Waals surface area contributed by atoms with Crippen LogP contribution in [0.3, 0.4) is 0 Å². The molecule has 0 fully saturated rings. The summed E-state index contributed by atoms with van der Waals surface area (Å²) in [6.07, 6.45) is 0. The van der Waals surface area contributed by atoms with E-state index in [4.69, 9.17) is 46.4 Å². The number of thioether (sulfide) groups is 3. The van der Waals surface area contributed by atoms with Crippen LogP contribution in [0, 0.1) is 0 Å². The Morgan fingerprint density at radius 2 is 1.50 bits per heavy atom. The van der Waals surface area contributed by atoms with Crippen molar-refractivity contribution < 1.29 is 0 Å². The lowest BCUT2D eigenvalue weighted by Crippen LogP contribution is -2.06. The number of halogens is 4. The van der Waals surface area contributed by atoms with Crippen molar-refractivity contribution in [3.05, 3.63) is 0 Å². The molecule has 0 aliphatic rings. The molecule has 0 bridgehead atoms. The lowest BCUT2D eigenvalue weighted by atomic mass is 10.6. The van der Waals surface area contributed by atoms with Crippen LogP contribution in [0.1, 0.15) is 6.92 Å². The molecule has 0 aliphatic carbocycles. The molecule has 0 amide bonds. The molecular weight excluding hydrogens is 346 g/mol. The first-order valence-corrected chi connectivity index (χ1v) is 9.95. The first-order valence-electron chi connectivity index (χ1n) is 4.85. The second kappa shape index (κ2) is 12.3. The predicted molar refractivity (Wildman–Crippen MR) is 87.6 cm³/mol. The second-order valence-electron chi connectivity index (χ2n) is 3.03. The van der Waals surface area contributed by atoms with Gasteiger partial charge < -0.3 is 0 Å². The molecule has 3 atom stereocenters. The third kappa shape index (κ3) is 12.7. The molecule has 7 heteroatoms. The molecule has 0 nitrogen and oxygen atoms in total. The average Bonchev–Trinajstić information content (AvgIpc) is 2.23. The maximum Gasteiger partial charge on any atom is 0.0879 e. The van der Waals surface area contributed by atoms with Gasteiger partial charge in [0, 0.05) is 34.3 Å². The Bertz CT molecular complexity index is 160. The summed E-state index contributed by atoms with van der Waals surface area (Å²) in [5.41, 5.74) is 0. The summed E-state index contributed by atoms with van der Waals surface area (Å²) in [6, 6.07) is 0. The van der Waals surface area contributed by atoms with Crippen molar-refractivity contribution >= 4 is 81.7 Å². The topological polar surface area (TPSA) is 0 Å². The Morgan fingerprint density at radius 1 is 0.938 bits per heavy atom. The van der Waals surface area contributed by atoms with Gasteiger partial charge in [0.15, 0.2) is 0 Å². The second-order valence-corrected chi connectivity index (χ2v) is 9.35. The Labute approximate surface area is 131 Å². The molecule has 0 saturated carbocycles. The van der Waals surface area contributed by atoms with Gasteiger partial charge >= 0.3 is 0 Å². The zero-order valence-corrected chi connectivity index (χ0v) is 14.5. The van der Waals surface area contributed by atoms with Crippen LogP contribution in [0.25, 0.3) is 0 Å². The summed E-state index contributed by atoms with van der Waals surface area (Å²) in [7, 11) is 0. The molecule has 0 N–H and O–H groups in total. The summed E-state index contributed by atoms with van der Waals surface area (Å²) in [5, 5.41) is 0.177. The highest BCUT2D eigenvalue weighted by atomic mass is 35.5. The van der Waals surface area contributed by atoms with Gasteiger partial charge in [-0.15, -0.1) is 69.9 Å². The van der Waals surface area contributed by atoms with Gasteiger partial charge in [-0.25, -0.2) is 0 Å². The van der Waals surface area contributed by atoms with E-state index in [1.807, 2.05) is 6.92 Å². The molecule has 0 saturated heterocycles. The zero-order valence-electron chi connectivity index (χ0n) is 9.00. The monoisotopic (exact) mass is 360 g/mol. The molecule has 98 valence electrons. The van der Waals surface area contributed by atoms with E-state index in [0.29, 0.717) is 5.88 Å². The molecule has 0 aromatic rings. The fourth-order valence-corrected chi connectivity index (χ4v) is 4.94. The molecular formula is C9H16Cl4S3. The van der Waals surface area contributed by atoms with Crippen molar-refractivity contribution in [3.8, 4) is 0 Å². The van der Waals surface area contributed by atoms with E-state index in [0.717, 1.165) is 23.0 Å². The predicted octanol–water partition coefficient (Wildman–Crippen LogP) is 5.18. The van der Waals surface area contributed by atoms with Crippen LogP contribution < -0.4 is 0 Å². The lowest BCUT2D eigenvalue weighted by Gasteiger charge is -2.11. The molecule has 0 aromatic carbocycles. The number of hydrogen-bond donors (Lipinski definition) is 0. The summed E-state index contributed by atoms with van der Waals surface area (Å²) in [4.78, 5) is 0. The molecule has 16 heavy (non-hydrogen) atoms. The van der Waals surface area contributed by atoms with E-state index < -0.39 is 0 Å². The van der Waals surface area contributed by atoms with E-state index in [2.05, 4.69) is 0 Å². The minimum Gasteiger partial charge on any atom is -0.157 e. The number of hydrogen-bond acceptors (Lipinski definition) is 3. The maximum atomic E-state index is 6.13. The molecule has 0 aromatic heterocycles. The van der Waals surface area contributed by atoms with Gasteiger partial charge in [0.1, 0.15) is 0 Å². The van der Waals surface area contributed by atoms with Gasteiger partial charge in [0.25, 0.3) is 0 Å². The minimum atomic E-state index is 0.119. The van der Waals surface area contributed by atoms with Crippen molar-refractivity contribution in [2.24, 2.45) is 0 Å². The van der Waals surface area contributed by atoms with Crippen molar-refractivity contribution in [1.82, 2.24) is 0 Å². The van der Waals surface area contributed by atoms with Gasteiger partial charge in [-0.05, 0) is 6.92 Å². The van der Waals surface area contributed by atoms with E-state index in [1.54, 1.807) is 35.3 Å². The highest BCUT2D eigenvalue weighted by Crippen LogP contribution is 2.25. The van der Waals surface area contributed by atoms with Crippen LogP contribution in [0.2, 0.25) is 0 Å². The van der Waals surface area contributed by atoms with Crippen molar-refractivity contribution in [2.75, 3.05) is 28.9 Å². The summed E-state index contributed by atoms with van der Waals surface area (Å²) >= 11 is 28.8. The number of rotatable bonds is 10. The first kappa shape index (κ1) is 18.2. The van der Waals surface area contributed by atoms with Crippen LogP contribution in [0.5, 0.6) is 0 Å². The summed E-state index contributed by atoms with van der Waals surface area (Å²) < 4.78 is 0.248. The van der Waals surface area contributed by atoms with E-state index in [-0.39, 0.29) is 14.8 Å². The molecule has 0 heterocycles. The standard InChI is InChI=1S/C9H16Cl4S3/c1-7(11)4-16-9(13)6-14-5-8(12)15-3-2-10/h7-9H,2-6H2,1H3. The van der Waals surface area contributed by atoms with E-state index in [9.17, 15) is 0 Å². The molecule has 0 radical (unpaired) electrons. The van der Waals surface area contributed by atoms with Gasteiger partial charge in [-0.3, -0.25) is 0 Å². The molecule has 0 aliphatic heterocycles. The first-order chi connectivity index (χ1) is 7.56. The average molecular weight is 362 g/mol. The smallest absolute Gasteiger partial charge is 0.0879 e. The summed E-state index contributed by atoms with van der Waals surface area (Å²) in [6.45, 7) is 1.98. The van der Waals surface area contributed by atoms with Gasteiger partial charge in [0.05, 0.1) is 9.42 Å². The van der Waals surface area contributed by atoms with Crippen molar-refractivity contribution in [3.63, 3.8) is 0 Å². The molecule has 3 unspecified atom stereocenters. The van der Waals surface area contributed by atoms with Crippen LogP contribution in [0.4, 0.5) is 0 Å². The SMILES string of the molecule is CC(Cl)CSC(Cl)CSCC(Cl)SCCCl. The Balaban J connectivity index is 3.35. The maximum absolute atomic E-state index is 6.13. The Morgan fingerprint density at radius 3 is 2.00 bits per heavy atom. The number of alkyl halides is 4. The third-order valence-electron chi connectivity index (χ3n) is 1.38. The van der Waals surface area contributed by atoms with Crippen LogP contribution in [0.15, 0.2) is 0 Å².